The summed E-state index contributed by atoms with van der Waals surface area (Å²) in [5, 5.41) is 5.75. The normalized spacial score (nSPS) is 27.1. The maximum Gasteiger partial charge on any atom is 0.252 e. The second-order valence-electron chi connectivity index (χ2n) is 8.56. The Balaban J connectivity index is 1.27. The van der Waals surface area contributed by atoms with Gasteiger partial charge in [-0.05, 0) is 32.4 Å². The highest BCUT2D eigenvalue weighted by Gasteiger charge is 2.35. The molecule has 154 valence electrons. The van der Waals surface area contributed by atoms with Crippen molar-refractivity contribution in [2.24, 2.45) is 0 Å². The second kappa shape index (κ2) is 6.76. The summed E-state index contributed by atoms with van der Waals surface area (Å²) in [7, 11) is 0.477. The first-order valence-electron chi connectivity index (χ1n) is 10.6. The van der Waals surface area contributed by atoms with E-state index >= 15 is 0 Å². The summed E-state index contributed by atoms with van der Waals surface area (Å²) in [5.41, 5.74) is 4.93. The number of carbonyl (C=O) groups excluding carboxylic acids is 1. The SMILES string of the molecule is Cc1cn2nc(C3=CC(=O)N4C=C(N5CCN6CCC6C5)C=CC4P3)cc2c(C)n1. The van der Waals surface area contributed by atoms with Crippen LogP contribution >= 0.6 is 8.58 Å². The van der Waals surface area contributed by atoms with Crippen LogP contribution in [0, 0.1) is 13.8 Å². The lowest BCUT2D eigenvalue weighted by molar-refractivity contribution is -0.123. The first kappa shape index (κ1) is 18.3. The van der Waals surface area contributed by atoms with Gasteiger partial charge < -0.3 is 9.80 Å². The highest BCUT2D eigenvalue weighted by atomic mass is 31.1. The number of allylic oxidation sites excluding steroid dienone is 1. The summed E-state index contributed by atoms with van der Waals surface area (Å²) >= 11 is 0. The van der Waals surface area contributed by atoms with E-state index in [2.05, 4.69) is 39.2 Å². The lowest BCUT2D eigenvalue weighted by Gasteiger charge is -2.50. The molecule has 3 atom stereocenters. The van der Waals surface area contributed by atoms with Gasteiger partial charge in [-0.25, -0.2) is 4.52 Å². The number of amides is 1. The Morgan fingerprint density at radius 3 is 2.90 bits per heavy atom. The van der Waals surface area contributed by atoms with Crippen molar-refractivity contribution < 1.29 is 4.79 Å². The molecule has 2 aromatic rings. The summed E-state index contributed by atoms with van der Waals surface area (Å²) in [6.45, 7) is 8.45. The van der Waals surface area contributed by atoms with Gasteiger partial charge in [0.1, 0.15) is 0 Å². The van der Waals surface area contributed by atoms with Crippen LogP contribution in [-0.4, -0.2) is 73.2 Å². The van der Waals surface area contributed by atoms with Crippen LogP contribution in [0.5, 0.6) is 0 Å². The Morgan fingerprint density at radius 2 is 2.10 bits per heavy atom. The van der Waals surface area contributed by atoms with Gasteiger partial charge in [0.15, 0.2) is 0 Å². The molecule has 4 aliphatic heterocycles. The molecule has 0 bridgehead atoms. The highest BCUT2D eigenvalue weighted by molar-refractivity contribution is 7.51. The third-order valence-corrected chi connectivity index (χ3v) is 8.08. The van der Waals surface area contributed by atoms with Crippen molar-refractivity contribution in [2.75, 3.05) is 26.2 Å². The molecule has 0 spiro atoms. The first-order valence-corrected chi connectivity index (χ1v) is 11.7. The number of hydrogen-bond acceptors (Lipinski definition) is 5. The van der Waals surface area contributed by atoms with Crippen molar-refractivity contribution in [1.82, 2.24) is 29.3 Å². The monoisotopic (exact) mass is 420 g/mol. The molecule has 2 fully saturated rings. The number of rotatable bonds is 2. The summed E-state index contributed by atoms with van der Waals surface area (Å²) in [5.74, 6) is 0.123. The molecule has 7 nitrogen and oxygen atoms in total. The molecule has 4 aliphatic rings. The van der Waals surface area contributed by atoms with Gasteiger partial charge in [-0.1, -0.05) is 14.7 Å². The standard InChI is InChI=1S/C22H25N6OP/c1-14-11-28-19(15(2)23-14)9-18(24-28)20-10-21(29)27-13-16(3-4-22(27)30-20)26-8-7-25-6-5-17(25)12-26/h3-4,9-11,13,17,22,30H,5-8,12H2,1-2H3. The zero-order chi connectivity index (χ0) is 20.4. The molecule has 0 N–H and O–H groups in total. The predicted molar refractivity (Wildman–Crippen MR) is 118 cm³/mol. The van der Waals surface area contributed by atoms with Crippen molar-refractivity contribution in [3.05, 3.63) is 59.5 Å². The van der Waals surface area contributed by atoms with Gasteiger partial charge in [0.05, 0.1) is 40.3 Å². The second-order valence-corrected chi connectivity index (χ2v) is 9.98. The Kier molecular flexibility index (Phi) is 4.12. The molecule has 0 aromatic carbocycles. The predicted octanol–water partition coefficient (Wildman–Crippen LogP) is 2.33. The van der Waals surface area contributed by atoms with Gasteiger partial charge >= 0.3 is 0 Å². The Morgan fingerprint density at radius 1 is 1.20 bits per heavy atom. The molecule has 1 amide bonds. The van der Waals surface area contributed by atoms with Crippen LogP contribution in [0.4, 0.5) is 0 Å². The number of carbonyl (C=O) groups is 1. The fraction of sp³-hybridized carbons (Fsp3) is 0.409. The van der Waals surface area contributed by atoms with Gasteiger partial charge in [0, 0.05) is 49.8 Å². The smallest absolute Gasteiger partial charge is 0.252 e. The number of aromatic nitrogens is 3. The van der Waals surface area contributed by atoms with E-state index in [1.165, 1.54) is 13.0 Å². The van der Waals surface area contributed by atoms with Crippen LogP contribution < -0.4 is 0 Å². The molecule has 0 radical (unpaired) electrons. The number of aryl methyl sites for hydroxylation is 2. The minimum atomic E-state index is 0.0426. The zero-order valence-electron chi connectivity index (χ0n) is 17.2. The van der Waals surface area contributed by atoms with Crippen LogP contribution in [-0.2, 0) is 4.79 Å². The quantitative estimate of drug-likeness (QED) is 0.698. The lowest BCUT2D eigenvalue weighted by Crippen LogP contribution is -2.60. The minimum Gasteiger partial charge on any atom is -0.368 e. The van der Waals surface area contributed by atoms with Crippen molar-refractivity contribution >= 4 is 25.3 Å². The molecule has 3 unspecified atom stereocenters. The molecular weight excluding hydrogens is 395 g/mol. The van der Waals surface area contributed by atoms with Crippen molar-refractivity contribution in [1.29, 1.82) is 0 Å². The molecular formula is C22H25N6OP. The van der Waals surface area contributed by atoms with Crippen LogP contribution in [0.2, 0.25) is 0 Å². The average molecular weight is 420 g/mol. The summed E-state index contributed by atoms with van der Waals surface area (Å²) < 4.78 is 1.88. The Bertz CT molecular complexity index is 1150. The van der Waals surface area contributed by atoms with Gasteiger partial charge in [-0.2, -0.15) is 5.10 Å². The van der Waals surface area contributed by atoms with E-state index in [9.17, 15) is 4.79 Å². The zero-order valence-corrected chi connectivity index (χ0v) is 18.2. The van der Waals surface area contributed by atoms with Crippen LogP contribution in [0.25, 0.3) is 10.8 Å². The largest absolute Gasteiger partial charge is 0.368 e. The van der Waals surface area contributed by atoms with Crippen LogP contribution in [0.15, 0.2) is 42.4 Å². The van der Waals surface area contributed by atoms with Gasteiger partial charge in [0.25, 0.3) is 5.91 Å². The van der Waals surface area contributed by atoms with Crippen LogP contribution in [0.1, 0.15) is 23.5 Å². The molecule has 2 saturated heterocycles. The van der Waals surface area contributed by atoms with Gasteiger partial charge in [-0.15, -0.1) is 0 Å². The average Bonchev–Trinajstić information content (AvgIpc) is 3.13. The number of fused-ring (bicyclic) bond motifs is 3. The summed E-state index contributed by atoms with van der Waals surface area (Å²) in [4.78, 5) is 24.4. The van der Waals surface area contributed by atoms with E-state index in [-0.39, 0.29) is 11.7 Å². The fourth-order valence-corrected chi connectivity index (χ4v) is 6.18. The maximum absolute atomic E-state index is 13.0. The van der Waals surface area contributed by atoms with E-state index in [1.807, 2.05) is 29.5 Å². The Labute approximate surface area is 177 Å². The Hall–Kier alpha value is -2.50. The van der Waals surface area contributed by atoms with Crippen molar-refractivity contribution in [2.45, 2.75) is 32.1 Å². The van der Waals surface area contributed by atoms with E-state index in [4.69, 9.17) is 5.10 Å². The summed E-state index contributed by atoms with van der Waals surface area (Å²) in [6.07, 6.45) is 11.5. The minimum absolute atomic E-state index is 0.0426. The molecule has 2 aromatic heterocycles. The lowest BCUT2D eigenvalue weighted by atomic mass is 9.99. The van der Waals surface area contributed by atoms with E-state index in [0.29, 0.717) is 14.6 Å². The van der Waals surface area contributed by atoms with Crippen LogP contribution in [0.3, 0.4) is 0 Å². The number of piperazine rings is 1. The fourth-order valence-electron chi connectivity index (χ4n) is 4.85. The topological polar surface area (TPSA) is 57.0 Å². The summed E-state index contributed by atoms with van der Waals surface area (Å²) in [6, 6.07) is 2.74. The first-order chi connectivity index (χ1) is 14.5. The number of hydrogen-bond donors (Lipinski definition) is 0. The molecule has 6 heterocycles. The van der Waals surface area contributed by atoms with E-state index in [0.717, 1.165) is 53.2 Å². The van der Waals surface area contributed by atoms with Crippen molar-refractivity contribution in [3.63, 3.8) is 0 Å². The molecule has 6 rings (SSSR count). The molecule has 8 heteroatoms. The van der Waals surface area contributed by atoms with Gasteiger partial charge in [-0.3, -0.25) is 14.7 Å². The number of nitrogens with zero attached hydrogens (tertiary/aromatic N) is 6. The van der Waals surface area contributed by atoms with Gasteiger partial charge in [0.2, 0.25) is 0 Å². The highest BCUT2D eigenvalue weighted by Crippen LogP contribution is 2.44. The van der Waals surface area contributed by atoms with Crippen molar-refractivity contribution in [3.8, 4) is 0 Å². The molecule has 0 saturated carbocycles. The molecule has 0 aliphatic carbocycles. The third kappa shape index (κ3) is 2.91. The molecule has 30 heavy (non-hydrogen) atoms. The third-order valence-electron chi connectivity index (χ3n) is 6.60. The van der Waals surface area contributed by atoms with E-state index in [1.54, 1.807) is 6.08 Å². The maximum atomic E-state index is 13.0. The van der Waals surface area contributed by atoms with E-state index < -0.39 is 0 Å².